The predicted octanol–water partition coefficient (Wildman–Crippen LogP) is 1.89. The smallest absolute Gasteiger partial charge is 0.00674 e. The molecule has 0 saturated heterocycles. The standard InChI is InChI=1S/C11H24N2/c1-3-8-13-10-4-6-11(2,9-12)7-5-10/h10,13H,3-9,12H2,1-2H3. The first-order valence-electron chi connectivity index (χ1n) is 5.63. The Bertz CT molecular complexity index is 137. The van der Waals surface area contributed by atoms with E-state index in [9.17, 15) is 0 Å². The van der Waals surface area contributed by atoms with E-state index in [0.717, 1.165) is 12.6 Å². The minimum Gasteiger partial charge on any atom is -0.330 e. The summed E-state index contributed by atoms with van der Waals surface area (Å²) in [6.45, 7) is 6.57. The molecule has 1 aliphatic carbocycles. The molecule has 0 amide bonds. The Labute approximate surface area is 82.3 Å². The van der Waals surface area contributed by atoms with E-state index in [4.69, 9.17) is 5.73 Å². The zero-order valence-corrected chi connectivity index (χ0v) is 9.10. The summed E-state index contributed by atoms with van der Waals surface area (Å²) in [6.07, 6.45) is 6.46. The topological polar surface area (TPSA) is 38.0 Å². The summed E-state index contributed by atoms with van der Waals surface area (Å²) in [4.78, 5) is 0. The highest BCUT2D eigenvalue weighted by atomic mass is 14.9. The molecular weight excluding hydrogens is 160 g/mol. The molecule has 0 aromatic carbocycles. The molecule has 0 aliphatic heterocycles. The van der Waals surface area contributed by atoms with Gasteiger partial charge in [0.1, 0.15) is 0 Å². The molecule has 0 aromatic heterocycles. The molecule has 3 N–H and O–H groups in total. The first-order valence-corrected chi connectivity index (χ1v) is 5.63. The normalized spacial score (nSPS) is 34.8. The van der Waals surface area contributed by atoms with Crippen LogP contribution < -0.4 is 11.1 Å². The van der Waals surface area contributed by atoms with Crippen molar-refractivity contribution >= 4 is 0 Å². The van der Waals surface area contributed by atoms with Gasteiger partial charge in [0.05, 0.1) is 0 Å². The van der Waals surface area contributed by atoms with E-state index in [2.05, 4.69) is 19.2 Å². The van der Waals surface area contributed by atoms with Crippen molar-refractivity contribution in [2.45, 2.75) is 52.0 Å². The SMILES string of the molecule is CCCNC1CCC(C)(CN)CC1. The highest BCUT2D eigenvalue weighted by Crippen LogP contribution is 2.34. The van der Waals surface area contributed by atoms with Crippen LogP contribution in [0.5, 0.6) is 0 Å². The van der Waals surface area contributed by atoms with Gasteiger partial charge in [-0.1, -0.05) is 13.8 Å². The minimum absolute atomic E-state index is 0.435. The molecule has 0 bridgehead atoms. The van der Waals surface area contributed by atoms with Gasteiger partial charge in [-0.25, -0.2) is 0 Å². The van der Waals surface area contributed by atoms with Crippen molar-refractivity contribution in [1.82, 2.24) is 5.32 Å². The van der Waals surface area contributed by atoms with Crippen molar-refractivity contribution in [2.24, 2.45) is 11.1 Å². The first-order chi connectivity index (χ1) is 6.20. The molecule has 0 atom stereocenters. The number of nitrogens with two attached hydrogens (primary N) is 1. The third-order valence-electron chi connectivity index (χ3n) is 3.37. The fourth-order valence-electron chi connectivity index (χ4n) is 2.07. The number of rotatable bonds is 4. The quantitative estimate of drug-likeness (QED) is 0.700. The molecule has 1 saturated carbocycles. The Hall–Kier alpha value is -0.0800. The summed E-state index contributed by atoms with van der Waals surface area (Å²) in [5, 5.41) is 3.59. The van der Waals surface area contributed by atoms with Crippen LogP contribution in [0, 0.1) is 5.41 Å². The van der Waals surface area contributed by atoms with Crippen LogP contribution in [0.25, 0.3) is 0 Å². The fraction of sp³-hybridized carbons (Fsp3) is 1.00. The molecule has 0 spiro atoms. The highest BCUT2D eigenvalue weighted by Gasteiger charge is 2.29. The van der Waals surface area contributed by atoms with E-state index in [0.29, 0.717) is 5.41 Å². The van der Waals surface area contributed by atoms with Gasteiger partial charge in [0.2, 0.25) is 0 Å². The van der Waals surface area contributed by atoms with Crippen LogP contribution in [0.1, 0.15) is 46.0 Å². The molecule has 2 nitrogen and oxygen atoms in total. The van der Waals surface area contributed by atoms with E-state index in [1.807, 2.05) is 0 Å². The summed E-state index contributed by atoms with van der Waals surface area (Å²) in [5.74, 6) is 0. The van der Waals surface area contributed by atoms with Gasteiger partial charge in [-0.2, -0.15) is 0 Å². The first kappa shape index (κ1) is 11.0. The van der Waals surface area contributed by atoms with Crippen molar-refractivity contribution in [2.75, 3.05) is 13.1 Å². The lowest BCUT2D eigenvalue weighted by Gasteiger charge is -2.36. The van der Waals surface area contributed by atoms with Crippen LogP contribution in [0.15, 0.2) is 0 Å². The second kappa shape index (κ2) is 4.97. The summed E-state index contributed by atoms with van der Waals surface area (Å²) in [6, 6.07) is 0.763. The summed E-state index contributed by atoms with van der Waals surface area (Å²) < 4.78 is 0. The number of hydrogen-bond acceptors (Lipinski definition) is 2. The Morgan fingerprint density at radius 3 is 2.46 bits per heavy atom. The monoisotopic (exact) mass is 184 g/mol. The van der Waals surface area contributed by atoms with Crippen molar-refractivity contribution in [1.29, 1.82) is 0 Å². The van der Waals surface area contributed by atoms with Crippen LogP contribution in [0.4, 0.5) is 0 Å². The molecule has 78 valence electrons. The zero-order chi connectivity index (χ0) is 9.73. The van der Waals surface area contributed by atoms with E-state index in [1.165, 1.54) is 38.6 Å². The maximum absolute atomic E-state index is 5.76. The second-order valence-electron chi connectivity index (χ2n) is 4.74. The molecule has 0 radical (unpaired) electrons. The predicted molar refractivity (Wildman–Crippen MR) is 57.7 cm³/mol. The van der Waals surface area contributed by atoms with Gasteiger partial charge in [-0.3, -0.25) is 0 Å². The molecule has 0 heterocycles. The van der Waals surface area contributed by atoms with Gasteiger partial charge < -0.3 is 11.1 Å². The summed E-state index contributed by atoms with van der Waals surface area (Å²) >= 11 is 0. The average Bonchev–Trinajstić information content (AvgIpc) is 2.17. The molecule has 2 heteroatoms. The Morgan fingerprint density at radius 1 is 1.38 bits per heavy atom. The van der Waals surface area contributed by atoms with Crippen LogP contribution in [0.3, 0.4) is 0 Å². The van der Waals surface area contributed by atoms with Gasteiger partial charge in [0.15, 0.2) is 0 Å². The van der Waals surface area contributed by atoms with E-state index in [1.54, 1.807) is 0 Å². The molecule has 0 unspecified atom stereocenters. The van der Waals surface area contributed by atoms with E-state index < -0.39 is 0 Å². The van der Waals surface area contributed by atoms with Gasteiger partial charge in [-0.05, 0) is 50.6 Å². The Balaban J connectivity index is 2.22. The number of hydrogen-bond donors (Lipinski definition) is 2. The van der Waals surface area contributed by atoms with Crippen LogP contribution in [0.2, 0.25) is 0 Å². The number of nitrogens with one attached hydrogen (secondary N) is 1. The fourth-order valence-corrected chi connectivity index (χ4v) is 2.07. The maximum Gasteiger partial charge on any atom is 0.00674 e. The lowest BCUT2D eigenvalue weighted by molar-refractivity contribution is 0.193. The van der Waals surface area contributed by atoms with Gasteiger partial charge in [0.25, 0.3) is 0 Å². The van der Waals surface area contributed by atoms with Crippen molar-refractivity contribution in [3.8, 4) is 0 Å². The minimum atomic E-state index is 0.435. The zero-order valence-electron chi connectivity index (χ0n) is 9.10. The summed E-state index contributed by atoms with van der Waals surface area (Å²) in [7, 11) is 0. The maximum atomic E-state index is 5.76. The lowest BCUT2D eigenvalue weighted by atomic mass is 9.74. The van der Waals surface area contributed by atoms with Crippen molar-refractivity contribution < 1.29 is 0 Å². The van der Waals surface area contributed by atoms with E-state index in [-0.39, 0.29) is 0 Å². The third kappa shape index (κ3) is 3.28. The van der Waals surface area contributed by atoms with Gasteiger partial charge in [-0.15, -0.1) is 0 Å². The molecule has 1 aliphatic rings. The Kier molecular flexibility index (Phi) is 4.20. The van der Waals surface area contributed by atoms with Crippen LogP contribution in [-0.2, 0) is 0 Å². The molecule has 1 fully saturated rings. The largest absolute Gasteiger partial charge is 0.330 e. The van der Waals surface area contributed by atoms with Crippen molar-refractivity contribution in [3.05, 3.63) is 0 Å². The highest BCUT2D eigenvalue weighted by molar-refractivity contribution is 4.85. The summed E-state index contributed by atoms with van der Waals surface area (Å²) in [5.41, 5.74) is 6.20. The molecule has 0 aromatic rings. The average molecular weight is 184 g/mol. The molecule has 1 rings (SSSR count). The Morgan fingerprint density at radius 2 is 2.00 bits per heavy atom. The molecule has 13 heavy (non-hydrogen) atoms. The lowest BCUT2D eigenvalue weighted by Crippen LogP contribution is -2.39. The van der Waals surface area contributed by atoms with Gasteiger partial charge >= 0.3 is 0 Å². The van der Waals surface area contributed by atoms with E-state index >= 15 is 0 Å². The van der Waals surface area contributed by atoms with Crippen LogP contribution >= 0.6 is 0 Å². The third-order valence-corrected chi connectivity index (χ3v) is 3.37. The van der Waals surface area contributed by atoms with Crippen LogP contribution in [-0.4, -0.2) is 19.1 Å². The van der Waals surface area contributed by atoms with Gasteiger partial charge in [0, 0.05) is 6.04 Å². The molecular formula is C11H24N2. The second-order valence-corrected chi connectivity index (χ2v) is 4.74. The van der Waals surface area contributed by atoms with Crippen molar-refractivity contribution in [3.63, 3.8) is 0 Å².